The normalized spacial score (nSPS) is 11.8. The zero-order valence-corrected chi connectivity index (χ0v) is 15.6. The Hall–Kier alpha value is -2.68. The lowest BCUT2D eigenvalue weighted by Crippen LogP contribution is -2.39. The number of nitrogens with zero attached hydrogens (tertiary/aromatic N) is 2. The molecule has 0 aliphatic carbocycles. The van der Waals surface area contributed by atoms with Crippen molar-refractivity contribution in [2.24, 2.45) is 11.3 Å². The summed E-state index contributed by atoms with van der Waals surface area (Å²) in [5.41, 5.74) is -2.02. The highest BCUT2D eigenvalue weighted by molar-refractivity contribution is 5.89. The zero-order chi connectivity index (χ0) is 20.3. The number of carbonyl (C=O) groups excluding carboxylic acids is 1. The molecular formula is C17H25N3O6. The first kappa shape index (κ1) is 21.4. The van der Waals surface area contributed by atoms with E-state index in [0.29, 0.717) is 0 Å². The smallest absolute Gasteiger partial charge is 0.335 e. The van der Waals surface area contributed by atoms with Gasteiger partial charge in [0.05, 0.1) is 15.9 Å². The predicted octanol–water partition coefficient (Wildman–Crippen LogP) is 2.73. The Bertz CT molecular complexity index is 709. The fraction of sp³-hybridized carbons (Fsp3) is 0.529. The lowest BCUT2D eigenvalue weighted by Gasteiger charge is -2.30. The zero-order valence-electron chi connectivity index (χ0n) is 15.6. The van der Waals surface area contributed by atoms with Gasteiger partial charge in [0.2, 0.25) is 0 Å². The molecule has 0 unspecified atom stereocenters. The van der Waals surface area contributed by atoms with Crippen molar-refractivity contribution < 1.29 is 24.4 Å². The number of carboxylic acids is 1. The van der Waals surface area contributed by atoms with Crippen molar-refractivity contribution in [3.63, 3.8) is 0 Å². The monoisotopic (exact) mass is 367 g/mol. The van der Waals surface area contributed by atoms with Crippen LogP contribution in [-0.2, 0) is 9.53 Å². The third-order valence-electron chi connectivity index (χ3n) is 3.66. The van der Waals surface area contributed by atoms with Crippen LogP contribution in [0.5, 0.6) is 0 Å². The number of benzene rings is 1. The Labute approximate surface area is 151 Å². The molecule has 9 nitrogen and oxygen atoms in total. The Kier molecular flexibility index (Phi) is 6.32. The fourth-order valence-electron chi connectivity index (χ4n) is 2.08. The molecule has 9 heteroatoms. The van der Waals surface area contributed by atoms with Crippen LogP contribution >= 0.6 is 0 Å². The molecule has 0 heterocycles. The number of esters is 1. The molecule has 0 saturated heterocycles. The topological polar surface area (TPSA) is 136 Å². The van der Waals surface area contributed by atoms with E-state index in [1.54, 1.807) is 34.6 Å². The van der Waals surface area contributed by atoms with Gasteiger partial charge < -0.3 is 14.9 Å². The van der Waals surface area contributed by atoms with Crippen molar-refractivity contribution in [2.45, 2.75) is 46.6 Å². The van der Waals surface area contributed by atoms with Crippen LogP contribution in [0.3, 0.4) is 0 Å². The molecule has 26 heavy (non-hydrogen) atoms. The van der Waals surface area contributed by atoms with Crippen molar-refractivity contribution in [1.29, 1.82) is 0 Å². The maximum atomic E-state index is 12.3. The van der Waals surface area contributed by atoms with Crippen LogP contribution in [0, 0.1) is 15.5 Å². The van der Waals surface area contributed by atoms with E-state index >= 15 is 0 Å². The van der Waals surface area contributed by atoms with Crippen molar-refractivity contribution >= 4 is 23.3 Å². The molecule has 0 fully saturated rings. The molecule has 0 aliphatic heterocycles. The summed E-state index contributed by atoms with van der Waals surface area (Å²) in [7, 11) is 0. The van der Waals surface area contributed by atoms with Crippen molar-refractivity contribution in [3.05, 3.63) is 33.9 Å². The summed E-state index contributed by atoms with van der Waals surface area (Å²) >= 11 is 0. The van der Waals surface area contributed by atoms with Crippen LogP contribution in [0.2, 0.25) is 0 Å². The predicted molar refractivity (Wildman–Crippen MR) is 95.8 cm³/mol. The molecule has 1 rings (SSSR count). The minimum Gasteiger partial charge on any atom is -0.478 e. The molecule has 0 radical (unpaired) electrons. The number of hydrazine groups is 1. The van der Waals surface area contributed by atoms with Crippen molar-refractivity contribution in [1.82, 2.24) is 0 Å². The Morgan fingerprint density at radius 2 is 1.85 bits per heavy atom. The van der Waals surface area contributed by atoms with E-state index in [1.807, 2.05) is 0 Å². The molecular weight excluding hydrogens is 342 g/mol. The highest BCUT2D eigenvalue weighted by Crippen LogP contribution is 2.30. The van der Waals surface area contributed by atoms with Gasteiger partial charge in [-0.2, -0.15) is 0 Å². The number of hydrogen-bond acceptors (Lipinski definition) is 7. The molecule has 0 aromatic heterocycles. The minimum absolute atomic E-state index is 0.0694. The molecule has 0 aliphatic rings. The van der Waals surface area contributed by atoms with Crippen LogP contribution in [0.4, 0.5) is 11.4 Å². The van der Waals surface area contributed by atoms with Gasteiger partial charge in [0.1, 0.15) is 11.3 Å². The third-order valence-corrected chi connectivity index (χ3v) is 3.66. The van der Waals surface area contributed by atoms with Crippen LogP contribution in [0.1, 0.15) is 51.4 Å². The number of nitrogens with two attached hydrogens (primary N) is 1. The number of aromatic carboxylic acids is 1. The van der Waals surface area contributed by atoms with Gasteiger partial charge in [-0.3, -0.25) is 14.9 Å². The number of ether oxygens (including phenoxy) is 1. The van der Waals surface area contributed by atoms with E-state index in [1.165, 1.54) is 12.1 Å². The third kappa shape index (κ3) is 5.69. The summed E-state index contributed by atoms with van der Waals surface area (Å²) in [6, 6.07) is 3.47. The van der Waals surface area contributed by atoms with E-state index in [-0.39, 0.29) is 24.2 Å². The lowest BCUT2D eigenvalue weighted by atomic mass is 9.89. The second-order valence-corrected chi connectivity index (χ2v) is 7.59. The summed E-state index contributed by atoms with van der Waals surface area (Å²) in [5.74, 6) is 4.26. The van der Waals surface area contributed by atoms with Crippen LogP contribution in [0.15, 0.2) is 18.2 Å². The fourth-order valence-corrected chi connectivity index (χ4v) is 2.08. The number of carbonyl (C=O) groups is 2. The second kappa shape index (κ2) is 7.69. The molecule has 0 amide bonds. The molecule has 0 atom stereocenters. The van der Waals surface area contributed by atoms with Gasteiger partial charge in [-0.1, -0.05) is 0 Å². The van der Waals surface area contributed by atoms with Gasteiger partial charge in [0.15, 0.2) is 0 Å². The molecule has 0 spiro atoms. The SMILES string of the molecule is CC(C)(C)OC(=O)C(C)(C)CCN(N)c1ccc(C(=O)O)cc1[N+](=O)[O-]. The van der Waals surface area contributed by atoms with Crippen LogP contribution < -0.4 is 10.9 Å². The van der Waals surface area contributed by atoms with Gasteiger partial charge >= 0.3 is 11.9 Å². The number of anilines is 1. The van der Waals surface area contributed by atoms with Crippen LogP contribution in [0.25, 0.3) is 0 Å². The van der Waals surface area contributed by atoms with Crippen molar-refractivity contribution in [3.8, 4) is 0 Å². The molecule has 3 N–H and O–H groups in total. The van der Waals surface area contributed by atoms with E-state index in [4.69, 9.17) is 15.7 Å². The van der Waals surface area contributed by atoms with Gasteiger partial charge in [-0.15, -0.1) is 0 Å². The summed E-state index contributed by atoms with van der Waals surface area (Å²) < 4.78 is 5.37. The molecule has 0 bridgehead atoms. The molecule has 1 aromatic carbocycles. The Morgan fingerprint density at radius 1 is 1.27 bits per heavy atom. The summed E-state index contributed by atoms with van der Waals surface area (Å²) in [6.45, 7) is 8.85. The summed E-state index contributed by atoms with van der Waals surface area (Å²) in [4.78, 5) is 33.8. The first-order chi connectivity index (χ1) is 11.7. The Morgan fingerprint density at radius 3 is 2.31 bits per heavy atom. The second-order valence-electron chi connectivity index (χ2n) is 7.59. The molecule has 1 aromatic rings. The average molecular weight is 367 g/mol. The first-order valence-electron chi connectivity index (χ1n) is 8.02. The highest BCUT2D eigenvalue weighted by Gasteiger charge is 2.33. The van der Waals surface area contributed by atoms with Gasteiger partial charge in [0, 0.05) is 12.6 Å². The van der Waals surface area contributed by atoms with Crippen molar-refractivity contribution in [2.75, 3.05) is 11.6 Å². The maximum absolute atomic E-state index is 12.3. The minimum atomic E-state index is -1.27. The summed E-state index contributed by atoms with van der Waals surface area (Å²) in [5, 5.41) is 21.3. The van der Waals surface area contributed by atoms with Crippen LogP contribution in [-0.4, -0.2) is 34.1 Å². The molecule has 0 saturated carbocycles. The van der Waals surface area contributed by atoms with E-state index in [9.17, 15) is 19.7 Å². The maximum Gasteiger partial charge on any atom is 0.335 e. The van der Waals surface area contributed by atoms with Gasteiger partial charge in [-0.05, 0) is 53.2 Å². The summed E-state index contributed by atoms with van der Waals surface area (Å²) in [6.07, 6.45) is 0.288. The quantitative estimate of drug-likeness (QED) is 0.325. The number of carboxylic acid groups (broad SMARTS) is 1. The lowest BCUT2D eigenvalue weighted by molar-refractivity contribution is -0.384. The average Bonchev–Trinajstić information content (AvgIpc) is 2.50. The number of rotatable bonds is 7. The standard InChI is InChI=1S/C17H25N3O6/c1-16(2,3)26-15(23)17(4,5)8-9-19(18)12-7-6-11(14(21)22)10-13(12)20(24)25/h6-7,10H,8-9,18H2,1-5H3,(H,21,22). The van der Waals surface area contributed by atoms with Gasteiger partial charge in [-0.25, -0.2) is 10.6 Å². The highest BCUT2D eigenvalue weighted by atomic mass is 16.6. The Balaban J connectivity index is 2.94. The van der Waals surface area contributed by atoms with E-state index in [0.717, 1.165) is 11.1 Å². The number of hydrogen-bond donors (Lipinski definition) is 2. The molecule has 144 valence electrons. The largest absolute Gasteiger partial charge is 0.478 e. The van der Waals surface area contributed by atoms with E-state index < -0.39 is 33.6 Å². The number of nitro benzene ring substituents is 1. The van der Waals surface area contributed by atoms with Gasteiger partial charge in [0.25, 0.3) is 5.69 Å². The number of nitro groups is 1. The van der Waals surface area contributed by atoms with E-state index in [2.05, 4.69) is 0 Å². The first-order valence-corrected chi connectivity index (χ1v) is 8.02.